The first-order valence-corrected chi connectivity index (χ1v) is 16.7. The van der Waals surface area contributed by atoms with Gasteiger partial charge in [-0.25, -0.2) is 4.79 Å². The van der Waals surface area contributed by atoms with Crippen LogP contribution < -0.4 is 0 Å². The number of carbonyl (C=O) groups excluding carboxylic acids is 1. The molecule has 0 aliphatic carbocycles. The van der Waals surface area contributed by atoms with Gasteiger partial charge < -0.3 is 94.4 Å². The minimum Gasteiger partial charge on any atom is -0.504 e. The molecule has 13 unspecified atom stereocenters. The van der Waals surface area contributed by atoms with E-state index in [1.807, 2.05) is 0 Å². The summed E-state index contributed by atoms with van der Waals surface area (Å²) in [5.41, 5.74) is -1.39. The molecule has 13 atom stereocenters. The molecule has 3 saturated heterocycles. The molecule has 0 radical (unpaired) electrons. The van der Waals surface area contributed by atoms with Crippen molar-refractivity contribution in [1.29, 1.82) is 0 Å². The third-order valence-electron chi connectivity index (χ3n) is 9.14. The Bertz CT molecular complexity index is 1590. The number of phenolic OH excluding ortho intramolecular Hbond substituents is 4. The lowest BCUT2D eigenvalue weighted by atomic mass is 9.97. The molecule has 20 heteroatoms. The van der Waals surface area contributed by atoms with Crippen LogP contribution in [0.3, 0.4) is 0 Å². The second-order valence-electron chi connectivity index (χ2n) is 13.0. The summed E-state index contributed by atoms with van der Waals surface area (Å²) in [5.74, 6) is -2.71. The Kier molecular flexibility index (Phi) is 13.7. The topological polar surface area (TPSA) is 324 Å². The maximum absolute atomic E-state index is 13.2. The largest absolute Gasteiger partial charge is 0.504 e. The SMILES string of the molecule is O=C(C=Cc1ccc(O)c(O)c1)OC1C(COC2OC(CO)C(O)C(O)C2O)OC(OCCc2ccc(O)c(O)c2)C(O)C1OC1OCC(O)(CO)C1O. The average Bonchev–Trinajstić information content (AvgIpc) is 3.44. The van der Waals surface area contributed by atoms with Gasteiger partial charge in [0.1, 0.15) is 54.4 Å². The first-order valence-electron chi connectivity index (χ1n) is 16.7. The summed E-state index contributed by atoms with van der Waals surface area (Å²) in [6.45, 7) is -3.16. The van der Waals surface area contributed by atoms with E-state index in [9.17, 15) is 66.1 Å². The van der Waals surface area contributed by atoms with Crippen molar-refractivity contribution in [2.24, 2.45) is 0 Å². The van der Waals surface area contributed by atoms with Crippen LogP contribution in [0.15, 0.2) is 42.5 Å². The van der Waals surface area contributed by atoms with Crippen molar-refractivity contribution in [2.75, 3.05) is 33.0 Å². The molecule has 3 fully saturated rings. The quantitative estimate of drug-likeness (QED) is 0.0502. The zero-order chi connectivity index (χ0) is 39.3. The highest BCUT2D eigenvalue weighted by molar-refractivity contribution is 5.87. The number of esters is 1. The van der Waals surface area contributed by atoms with Gasteiger partial charge in [0, 0.05) is 6.08 Å². The van der Waals surface area contributed by atoms with Crippen LogP contribution in [0.4, 0.5) is 0 Å². The standard InChI is InChI=1S/C34H44O20/c35-11-21-24(42)25(43)26(44)31(51-21)49-12-22-28(53-23(41)6-3-15-1-4-17(37)19(39)9-15)29(54-33-30(46)34(47,13-36)14-50-33)27(45)32(52-22)48-8-7-16-2-5-18(38)20(40)10-16/h1-6,9-10,21-22,24-33,35-40,42-47H,7-8,11-14H2. The van der Waals surface area contributed by atoms with Crippen LogP contribution >= 0.6 is 0 Å². The van der Waals surface area contributed by atoms with Gasteiger partial charge in [-0.2, -0.15) is 0 Å². The normalized spacial score (nSPS) is 35.7. The van der Waals surface area contributed by atoms with Crippen LogP contribution in [0.2, 0.25) is 0 Å². The molecule has 12 N–H and O–H groups in total. The highest BCUT2D eigenvalue weighted by Crippen LogP contribution is 2.34. The van der Waals surface area contributed by atoms with Gasteiger partial charge in [-0.15, -0.1) is 0 Å². The van der Waals surface area contributed by atoms with Crippen LogP contribution in [0.1, 0.15) is 11.1 Å². The molecule has 3 aliphatic heterocycles. The van der Waals surface area contributed by atoms with E-state index in [2.05, 4.69) is 0 Å². The van der Waals surface area contributed by atoms with Crippen molar-refractivity contribution in [3.63, 3.8) is 0 Å². The van der Waals surface area contributed by atoms with Crippen molar-refractivity contribution in [1.82, 2.24) is 0 Å². The fourth-order valence-electron chi connectivity index (χ4n) is 5.92. The molecule has 0 aromatic heterocycles. The van der Waals surface area contributed by atoms with Gasteiger partial charge in [-0.3, -0.25) is 0 Å². The van der Waals surface area contributed by atoms with Gasteiger partial charge >= 0.3 is 5.97 Å². The summed E-state index contributed by atoms with van der Waals surface area (Å²) in [6.07, 6.45) is -18.1. The van der Waals surface area contributed by atoms with Crippen molar-refractivity contribution < 1.29 is 99.2 Å². The van der Waals surface area contributed by atoms with Crippen molar-refractivity contribution in [3.8, 4) is 23.0 Å². The Morgan fingerprint density at radius 3 is 2.09 bits per heavy atom. The van der Waals surface area contributed by atoms with Gasteiger partial charge in [0.25, 0.3) is 0 Å². The van der Waals surface area contributed by atoms with E-state index in [1.165, 1.54) is 36.4 Å². The molecule has 5 rings (SSSR count). The van der Waals surface area contributed by atoms with Gasteiger partial charge in [0.05, 0.1) is 33.0 Å². The van der Waals surface area contributed by atoms with Gasteiger partial charge in [-0.1, -0.05) is 12.1 Å². The van der Waals surface area contributed by atoms with Crippen LogP contribution in [0.25, 0.3) is 6.08 Å². The molecule has 2 aromatic rings. The number of benzene rings is 2. The van der Waals surface area contributed by atoms with E-state index in [1.54, 1.807) is 0 Å². The number of hydrogen-bond acceptors (Lipinski definition) is 20. The minimum atomic E-state index is -2.16. The van der Waals surface area contributed by atoms with E-state index in [4.69, 9.17) is 33.2 Å². The summed E-state index contributed by atoms with van der Waals surface area (Å²) in [4.78, 5) is 13.2. The van der Waals surface area contributed by atoms with Crippen molar-refractivity contribution in [2.45, 2.75) is 85.8 Å². The second-order valence-corrected chi connectivity index (χ2v) is 13.0. The smallest absolute Gasteiger partial charge is 0.331 e. The van der Waals surface area contributed by atoms with E-state index < -0.39 is 123 Å². The summed E-state index contributed by atoms with van der Waals surface area (Å²) < 4.78 is 39.8. The zero-order valence-corrected chi connectivity index (χ0v) is 28.4. The molecule has 0 amide bonds. The zero-order valence-electron chi connectivity index (χ0n) is 28.4. The van der Waals surface area contributed by atoms with E-state index in [0.717, 1.165) is 12.1 Å². The molecule has 54 heavy (non-hydrogen) atoms. The first kappa shape index (κ1) is 41.5. The lowest BCUT2D eigenvalue weighted by Gasteiger charge is -2.45. The molecular formula is C34H44O20. The van der Waals surface area contributed by atoms with E-state index in [-0.39, 0.29) is 30.1 Å². The molecule has 20 nitrogen and oxygen atoms in total. The number of rotatable bonds is 14. The molecule has 0 saturated carbocycles. The molecule has 3 aliphatic rings. The van der Waals surface area contributed by atoms with Crippen LogP contribution in [-0.4, -0.2) is 180 Å². The maximum atomic E-state index is 13.2. The number of aromatic hydroxyl groups is 4. The number of ether oxygens (including phenoxy) is 7. The predicted molar refractivity (Wildman–Crippen MR) is 175 cm³/mol. The molecule has 0 bridgehead atoms. The second kappa shape index (κ2) is 17.8. The predicted octanol–water partition coefficient (Wildman–Crippen LogP) is -3.58. The van der Waals surface area contributed by atoms with E-state index in [0.29, 0.717) is 5.56 Å². The Morgan fingerprint density at radius 1 is 0.778 bits per heavy atom. The summed E-state index contributed by atoms with van der Waals surface area (Å²) >= 11 is 0. The Labute approximate surface area is 306 Å². The summed E-state index contributed by atoms with van der Waals surface area (Å²) in [7, 11) is 0. The van der Waals surface area contributed by atoms with Crippen LogP contribution in [0, 0.1) is 0 Å². The Hall–Kier alpha value is -3.71. The van der Waals surface area contributed by atoms with Gasteiger partial charge in [-0.05, 0) is 47.9 Å². The number of carbonyl (C=O) groups is 1. The van der Waals surface area contributed by atoms with Gasteiger partial charge in [0.15, 0.2) is 48.0 Å². The summed E-state index contributed by atoms with van der Waals surface area (Å²) in [5, 5.41) is 122. The summed E-state index contributed by atoms with van der Waals surface area (Å²) in [6, 6.07) is 7.74. The number of aliphatic hydroxyl groups is 8. The van der Waals surface area contributed by atoms with Gasteiger partial charge in [0.2, 0.25) is 0 Å². The highest BCUT2D eigenvalue weighted by Gasteiger charge is 2.55. The fourth-order valence-corrected chi connectivity index (χ4v) is 5.92. The maximum Gasteiger partial charge on any atom is 0.331 e. The highest BCUT2D eigenvalue weighted by atomic mass is 16.8. The number of phenols is 4. The average molecular weight is 773 g/mol. The fraction of sp³-hybridized carbons (Fsp3) is 0.559. The molecule has 0 spiro atoms. The lowest BCUT2D eigenvalue weighted by molar-refractivity contribution is -0.345. The Balaban J connectivity index is 1.42. The third-order valence-corrected chi connectivity index (χ3v) is 9.14. The van der Waals surface area contributed by atoms with E-state index >= 15 is 0 Å². The minimum absolute atomic E-state index is 0.113. The number of hydrogen-bond donors (Lipinski definition) is 12. The van der Waals surface area contributed by atoms with Crippen molar-refractivity contribution in [3.05, 3.63) is 53.6 Å². The molecule has 300 valence electrons. The molecule has 2 aromatic carbocycles. The monoisotopic (exact) mass is 772 g/mol. The first-order chi connectivity index (χ1) is 25.6. The van der Waals surface area contributed by atoms with Crippen LogP contribution in [0.5, 0.6) is 23.0 Å². The van der Waals surface area contributed by atoms with Crippen LogP contribution in [-0.2, 0) is 44.4 Å². The van der Waals surface area contributed by atoms with Crippen molar-refractivity contribution >= 4 is 12.0 Å². The lowest BCUT2D eigenvalue weighted by Crippen LogP contribution is -2.64. The Morgan fingerprint density at radius 2 is 1.44 bits per heavy atom. The number of aliphatic hydroxyl groups excluding tert-OH is 7. The molecule has 3 heterocycles. The third kappa shape index (κ3) is 9.38. The molecular weight excluding hydrogens is 728 g/mol.